The van der Waals surface area contributed by atoms with Gasteiger partial charge in [-0.2, -0.15) is 0 Å². The number of rotatable bonds is 6. The summed E-state index contributed by atoms with van der Waals surface area (Å²) >= 11 is 0. The summed E-state index contributed by atoms with van der Waals surface area (Å²) < 4.78 is 10.6. The van der Waals surface area contributed by atoms with Crippen LogP contribution in [0.5, 0.6) is 11.5 Å². The predicted octanol–water partition coefficient (Wildman–Crippen LogP) is 3.58. The highest BCUT2D eigenvalue weighted by Gasteiger charge is 2.09. The van der Waals surface area contributed by atoms with Gasteiger partial charge in [0.25, 0.3) is 0 Å². The van der Waals surface area contributed by atoms with E-state index < -0.39 is 0 Å². The van der Waals surface area contributed by atoms with Gasteiger partial charge in [-0.1, -0.05) is 24.3 Å². The number of methoxy groups -OCH3 is 2. The van der Waals surface area contributed by atoms with Gasteiger partial charge in [-0.25, -0.2) is 0 Å². The molecule has 0 spiro atoms. The van der Waals surface area contributed by atoms with Gasteiger partial charge >= 0.3 is 0 Å². The molecule has 0 bridgehead atoms. The lowest BCUT2D eigenvalue weighted by Gasteiger charge is -2.12. The third-order valence-electron chi connectivity index (χ3n) is 3.44. The molecule has 0 saturated carbocycles. The molecule has 116 valence electrons. The number of amides is 1. The molecule has 1 N–H and O–H groups in total. The maximum Gasteiger partial charge on any atom is 0.224 e. The highest BCUT2D eigenvalue weighted by atomic mass is 16.5. The number of ether oxygens (including phenoxy) is 2. The summed E-state index contributed by atoms with van der Waals surface area (Å²) in [5.74, 6) is 1.43. The molecule has 0 unspecified atom stereocenters. The molecule has 4 nitrogen and oxygen atoms in total. The number of aryl methyl sites for hydroxylation is 2. The largest absolute Gasteiger partial charge is 0.496 e. The quantitative estimate of drug-likeness (QED) is 0.887. The average Bonchev–Trinajstić information content (AvgIpc) is 2.53. The predicted molar refractivity (Wildman–Crippen MR) is 87.7 cm³/mol. The number of hydrogen-bond acceptors (Lipinski definition) is 3. The lowest BCUT2D eigenvalue weighted by atomic mass is 10.1. The van der Waals surface area contributed by atoms with Gasteiger partial charge in [-0.3, -0.25) is 4.79 Å². The zero-order chi connectivity index (χ0) is 15.9. The van der Waals surface area contributed by atoms with E-state index in [1.165, 1.54) is 0 Å². The van der Waals surface area contributed by atoms with E-state index in [4.69, 9.17) is 9.47 Å². The van der Waals surface area contributed by atoms with Gasteiger partial charge in [0.2, 0.25) is 5.91 Å². The van der Waals surface area contributed by atoms with Crippen LogP contribution in [0.2, 0.25) is 0 Å². The molecule has 4 heteroatoms. The lowest BCUT2D eigenvalue weighted by Crippen LogP contribution is -2.13. The maximum atomic E-state index is 12.2. The van der Waals surface area contributed by atoms with Crippen molar-refractivity contribution in [2.24, 2.45) is 0 Å². The van der Waals surface area contributed by atoms with Crippen molar-refractivity contribution >= 4 is 11.6 Å². The summed E-state index contributed by atoms with van der Waals surface area (Å²) in [5.41, 5.74) is 2.80. The number of para-hydroxylation sites is 1. The van der Waals surface area contributed by atoms with Gasteiger partial charge in [0.15, 0.2) is 0 Å². The van der Waals surface area contributed by atoms with E-state index in [2.05, 4.69) is 5.32 Å². The second-order valence-corrected chi connectivity index (χ2v) is 5.06. The molecular weight excluding hydrogens is 278 g/mol. The minimum absolute atomic E-state index is 0.0465. The van der Waals surface area contributed by atoms with E-state index >= 15 is 0 Å². The molecule has 0 aliphatic rings. The summed E-state index contributed by atoms with van der Waals surface area (Å²) in [5, 5.41) is 2.91. The molecule has 0 atom stereocenters. The van der Waals surface area contributed by atoms with E-state index in [0.29, 0.717) is 24.3 Å². The first-order chi connectivity index (χ1) is 10.6. The fraction of sp³-hybridized carbons (Fsp3) is 0.278. The summed E-state index contributed by atoms with van der Waals surface area (Å²) in [6, 6.07) is 13.4. The normalized spacial score (nSPS) is 10.1. The smallest absolute Gasteiger partial charge is 0.224 e. The molecule has 0 radical (unpaired) electrons. The lowest BCUT2D eigenvalue weighted by molar-refractivity contribution is -0.116. The molecule has 0 aromatic heterocycles. The van der Waals surface area contributed by atoms with Gasteiger partial charge < -0.3 is 14.8 Å². The Morgan fingerprint density at radius 2 is 1.77 bits per heavy atom. The SMILES string of the molecule is COc1ccccc1CCC(=O)Nc1cc(C)ccc1OC. The van der Waals surface area contributed by atoms with Crippen LogP contribution in [0.25, 0.3) is 0 Å². The van der Waals surface area contributed by atoms with Gasteiger partial charge in [-0.15, -0.1) is 0 Å². The Morgan fingerprint density at radius 1 is 1.05 bits per heavy atom. The van der Waals surface area contributed by atoms with Crippen molar-refractivity contribution in [3.63, 3.8) is 0 Å². The molecular formula is C18H21NO3. The molecule has 0 saturated heterocycles. The first-order valence-electron chi connectivity index (χ1n) is 7.20. The van der Waals surface area contributed by atoms with Crippen molar-refractivity contribution in [3.05, 3.63) is 53.6 Å². The van der Waals surface area contributed by atoms with Crippen LogP contribution in [0.15, 0.2) is 42.5 Å². The Bertz CT molecular complexity index is 653. The summed E-state index contributed by atoms with van der Waals surface area (Å²) in [6.07, 6.45) is 1.02. The zero-order valence-corrected chi connectivity index (χ0v) is 13.2. The highest BCUT2D eigenvalue weighted by Crippen LogP contribution is 2.25. The minimum Gasteiger partial charge on any atom is -0.496 e. The average molecular weight is 299 g/mol. The number of hydrogen-bond donors (Lipinski definition) is 1. The van der Waals surface area contributed by atoms with Gasteiger partial charge in [0, 0.05) is 6.42 Å². The van der Waals surface area contributed by atoms with Gasteiger partial charge in [-0.05, 0) is 42.7 Å². The summed E-state index contributed by atoms with van der Waals surface area (Å²) in [6.45, 7) is 1.98. The summed E-state index contributed by atoms with van der Waals surface area (Å²) in [4.78, 5) is 12.2. The Kier molecular flexibility index (Phi) is 5.42. The van der Waals surface area contributed by atoms with Crippen LogP contribution in [0.4, 0.5) is 5.69 Å². The molecule has 0 fully saturated rings. The van der Waals surface area contributed by atoms with Crippen LogP contribution < -0.4 is 14.8 Å². The Labute approximate surface area is 131 Å². The van der Waals surface area contributed by atoms with E-state index in [-0.39, 0.29) is 5.91 Å². The molecule has 0 aliphatic carbocycles. The first-order valence-corrected chi connectivity index (χ1v) is 7.20. The van der Waals surface area contributed by atoms with Crippen LogP contribution >= 0.6 is 0 Å². The number of anilines is 1. The third kappa shape index (κ3) is 4.01. The number of carbonyl (C=O) groups excluding carboxylic acids is 1. The second kappa shape index (κ2) is 7.50. The van der Waals surface area contributed by atoms with E-state index in [0.717, 1.165) is 16.9 Å². The van der Waals surface area contributed by atoms with Crippen molar-refractivity contribution < 1.29 is 14.3 Å². The third-order valence-corrected chi connectivity index (χ3v) is 3.44. The van der Waals surface area contributed by atoms with E-state index in [1.54, 1.807) is 14.2 Å². The number of benzene rings is 2. The Morgan fingerprint density at radius 3 is 2.50 bits per heavy atom. The molecule has 2 aromatic carbocycles. The van der Waals surface area contributed by atoms with E-state index in [9.17, 15) is 4.79 Å². The van der Waals surface area contributed by atoms with Crippen molar-refractivity contribution in [3.8, 4) is 11.5 Å². The standard InChI is InChI=1S/C18H21NO3/c1-13-8-10-17(22-3)15(12-13)19-18(20)11-9-14-6-4-5-7-16(14)21-2/h4-8,10,12H,9,11H2,1-3H3,(H,19,20). The molecule has 0 heterocycles. The zero-order valence-electron chi connectivity index (χ0n) is 13.2. The van der Waals surface area contributed by atoms with Crippen molar-refractivity contribution in [1.82, 2.24) is 0 Å². The minimum atomic E-state index is -0.0465. The van der Waals surface area contributed by atoms with Crippen molar-refractivity contribution in [2.45, 2.75) is 19.8 Å². The highest BCUT2D eigenvalue weighted by molar-refractivity contribution is 5.92. The number of nitrogens with one attached hydrogen (secondary N) is 1. The van der Waals surface area contributed by atoms with Crippen molar-refractivity contribution in [1.29, 1.82) is 0 Å². The number of carbonyl (C=O) groups is 1. The van der Waals surface area contributed by atoms with Crippen LogP contribution in [-0.2, 0) is 11.2 Å². The molecule has 22 heavy (non-hydrogen) atoms. The van der Waals surface area contributed by atoms with Crippen LogP contribution in [-0.4, -0.2) is 20.1 Å². The van der Waals surface area contributed by atoms with E-state index in [1.807, 2.05) is 49.4 Å². The maximum absolute atomic E-state index is 12.2. The fourth-order valence-electron chi connectivity index (χ4n) is 2.29. The molecule has 0 aliphatic heterocycles. The van der Waals surface area contributed by atoms with Crippen molar-refractivity contribution in [2.75, 3.05) is 19.5 Å². The van der Waals surface area contributed by atoms with Crippen LogP contribution in [0.3, 0.4) is 0 Å². The monoisotopic (exact) mass is 299 g/mol. The van der Waals surface area contributed by atoms with Gasteiger partial charge in [0.05, 0.1) is 19.9 Å². The van der Waals surface area contributed by atoms with Crippen LogP contribution in [0, 0.1) is 6.92 Å². The topological polar surface area (TPSA) is 47.6 Å². The Balaban J connectivity index is 2.00. The molecule has 2 aromatic rings. The first kappa shape index (κ1) is 15.9. The Hall–Kier alpha value is -2.49. The molecule has 1 amide bonds. The fourth-order valence-corrected chi connectivity index (χ4v) is 2.29. The van der Waals surface area contributed by atoms with Crippen LogP contribution in [0.1, 0.15) is 17.5 Å². The van der Waals surface area contributed by atoms with Gasteiger partial charge in [0.1, 0.15) is 11.5 Å². The molecule has 2 rings (SSSR count). The summed E-state index contributed by atoms with van der Waals surface area (Å²) in [7, 11) is 3.23. The second-order valence-electron chi connectivity index (χ2n) is 5.06.